The Labute approximate surface area is 118 Å². The molecule has 1 fully saturated rings. The fourth-order valence-electron chi connectivity index (χ4n) is 3.52. The first-order valence-electron chi connectivity index (χ1n) is 7.20. The Morgan fingerprint density at radius 1 is 1.15 bits per heavy atom. The van der Waals surface area contributed by atoms with Gasteiger partial charge in [0, 0.05) is 0 Å². The third-order valence-electron chi connectivity index (χ3n) is 4.78. The fourth-order valence-corrected chi connectivity index (χ4v) is 3.52. The second-order valence-electron chi connectivity index (χ2n) is 5.79. The Morgan fingerprint density at radius 3 is 2.45 bits per heavy atom. The van der Waals surface area contributed by atoms with Crippen LogP contribution in [-0.2, 0) is 10.2 Å². The van der Waals surface area contributed by atoms with Gasteiger partial charge in [-0.15, -0.1) is 0 Å². The molecule has 2 aliphatic rings. The summed E-state index contributed by atoms with van der Waals surface area (Å²) in [7, 11) is 0. The lowest BCUT2D eigenvalue weighted by Crippen LogP contribution is -2.34. The zero-order chi connectivity index (χ0) is 14.3. The molecule has 20 heavy (non-hydrogen) atoms. The topological polar surface area (TPSA) is 55.8 Å². The molecule has 4 heteroatoms. The van der Waals surface area contributed by atoms with Crippen molar-refractivity contribution in [2.24, 2.45) is 0 Å². The van der Waals surface area contributed by atoms with E-state index in [1.54, 1.807) is 0 Å². The lowest BCUT2D eigenvalue weighted by Gasteiger charge is -2.30. The normalized spacial score (nSPS) is 19.9. The van der Waals surface area contributed by atoms with Gasteiger partial charge in [0.25, 0.3) is 0 Å². The highest BCUT2D eigenvalue weighted by Gasteiger charge is 2.44. The largest absolute Gasteiger partial charge is 0.486 e. The zero-order valence-corrected chi connectivity index (χ0v) is 12.0. The van der Waals surface area contributed by atoms with E-state index in [9.17, 15) is 9.90 Å². The van der Waals surface area contributed by atoms with Crippen LogP contribution in [0.1, 0.15) is 42.4 Å². The third-order valence-corrected chi connectivity index (χ3v) is 4.78. The molecule has 1 aromatic rings. The molecule has 0 spiro atoms. The average molecular weight is 276 g/mol. The van der Waals surface area contributed by atoms with Crippen LogP contribution in [0.4, 0.5) is 0 Å². The minimum atomic E-state index is -0.745. The first kappa shape index (κ1) is 13.3. The molecule has 0 aromatic heterocycles. The van der Waals surface area contributed by atoms with Gasteiger partial charge in [-0.2, -0.15) is 0 Å². The predicted molar refractivity (Wildman–Crippen MR) is 74.7 cm³/mol. The quantitative estimate of drug-likeness (QED) is 0.902. The number of benzene rings is 1. The number of carboxylic acids is 1. The van der Waals surface area contributed by atoms with Crippen LogP contribution in [0, 0.1) is 13.8 Å². The summed E-state index contributed by atoms with van der Waals surface area (Å²) in [5.74, 6) is 0.757. The number of carbonyl (C=O) groups is 1. The molecule has 0 amide bonds. The summed E-state index contributed by atoms with van der Waals surface area (Å²) in [6.45, 7) is 5.05. The Bertz CT molecular complexity index is 556. The first-order chi connectivity index (χ1) is 9.56. The minimum absolute atomic E-state index is 0.523. The van der Waals surface area contributed by atoms with E-state index in [1.807, 2.05) is 19.9 Å². The molecule has 4 nitrogen and oxygen atoms in total. The van der Waals surface area contributed by atoms with Crippen molar-refractivity contribution in [3.63, 3.8) is 0 Å². The van der Waals surface area contributed by atoms with E-state index >= 15 is 0 Å². The molecule has 0 radical (unpaired) electrons. The van der Waals surface area contributed by atoms with Crippen LogP contribution in [0.3, 0.4) is 0 Å². The summed E-state index contributed by atoms with van der Waals surface area (Å²) in [5.41, 5.74) is 2.19. The fraction of sp³-hybridized carbons (Fsp3) is 0.562. The van der Waals surface area contributed by atoms with Crippen LogP contribution in [0.15, 0.2) is 6.07 Å². The predicted octanol–water partition coefficient (Wildman–Crippen LogP) is 2.97. The van der Waals surface area contributed by atoms with Crippen LogP contribution in [0.2, 0.25) is 0 Å². The summed E-state index contributed by atoms with van der Waals surface area (Å²) in [5, 5.41) is 9.76. The van der Waals surface area contributed by atoms with Crippen molar-refractivity contribution in [1.29, 1.82) is 0 Å². The van der Waals surface area contributed by atoms with E-state index in [0.717, 1.165) is 35.3 Å². The second-order valence-corrected chi connectivity index (χ2v) is 5.79. The molecule has 1 saturated carbocycles. The molecule has 3 rings (SSSR count). The van der Waals surface area contributed by atoms with Crippen molar-refractivity contribution in [3.8, 4) is 11.5 Å². The second kappa shape index (κ2) is 4.69. The number of hydrogen-bond donors (Lipinski definition) is 1. The van der Waals surface area contributed by atoms with Crippen molar-refractivity contribution >= 4 is 5.97 Å². The van der Waals surface area contributed by atoms with Crippen molar-refractivity contribution < 1.29 is 19.4 Å². The molecule has 0 unspecified atom stereocenters. The molecule has 1 aliphatic heterocycles. The van der Waals surface area contributed by atoms with Gasteiger partial charge >= 0.3 is 5.97 Å². The van der Waals surface area contributed by atoms with Crippen LogP contribution < -0.4 is 9.47 Å². The van der Waals surface area contributed by atoms with E-state index < -0.39 is 11.4 Å². The van der Waals surface area contributed by atoms with Gasteiger partial charge in [0.15, 0.2) is 11.5 Å². The summed E-state index contributed by atoms with van der Waals surface area (Å²) in [4.78, 5) is 11.9. The van der Waals surface area contributed by atoms with E-state index in [2.05, 4.69) is 0 Å². The summed E-state index contributed by atoms with van der Waals surface area (Å²) in [6.07, 6.45) is 3.36. The van der Waals surface area contributed by atoms with E-state index in [4.69, 9.17) is 9.47 Å². The Hall–Kier alpha value is -1.71. The SMILES string of the molecule is Cc1c(C2(C(=O)O)CCCC2)cc2c(c1C)OCCO2. The lowest BCUT2D eigenvalue weighted by molar-refractivity contribution is -0.143. The summed E-state index contributed by atoms with van der Waals surface area (Å²) < 4.78 is 11.3. The molecule has 0 saturated heterocycles. The molecule has 108 valence electrons. The summed E-state index contributed by atoms with van der Waals surface area (Å²) >= 11 is 0. The third kappa shape index (κ3) is 1.78. The van der Waals surface area contributed by atoms with Crippen molar-refractivity contribution in [2.75, 3.05) is 13.2 Å². The van der Waals surface area contributed by atoms with Gasteiger partial charge in [0.1, 0.15) is 13.2 Å². The number of aliphatic carboxylic acids is 1. The Kier molecular flexibility index (Phi) is 3.11. The number of ether oxygens (including phenoxy) is 2. The van der Waals surface area contributed by atoms with Crippen LogP contribution >= 0.6 is 0 Å². The molecule has 1 aromatic carbocycles. The number of carboxylic acid groups (broad SMARTS) is 1. The zero-order valence-electron chi connectivity index (χ0n) is 12.0. The van der Waals surface area contributed by atoms with Gasteiger partial charge < -0.3 is 14.6 Å². The van der Waals surface area contributed by atoms with Gasteiger partial charge in [-0.05, 0) is 49.4 Å². The highest BCUT2D eigenvalue weighted by molar-refractivity contribution is 5.83. The molecule has 1 N–H and O–H groups in total. The minimum Gasteiger partial charge on any atom is -0.486 e. The van der Waals surface area contributed by atoms with Crippen molar-refractivity contribution in [2.45, 2.75) is 44.9 Å². The monoisotopic (exact) mass is 276 g/mol. The standard InChI is InChI=1S/C16H20O4/c1-10-11(2)14-13(19-7-8-20-14)9-12(10)16(15(17)18)5-3-4-6-16/h9H,3-8H2,1-2H3,(H,17,18). The molecule has 1 heterocycles. The van der Waals surface area contributed by atoms with Crippen LogP contribution in [-0.4, -0.2) is 24.3 Å². The molecular weight excluding hydrogens is 256 g/mol. The number of rotatable bonds is 2. The van der Waals surface area contributed by atoms with Crippen molar-refractivity contribution in [1.82, 2.24) is 0 Å². The maximum absolute atomic E-state index is 11.9. The van der Waals surface area contributed by atoms with E-state index in [0.29, 0.717) is 31.8 Å². The molecule has 0 bridgehead atoms. The highest BCUT2D eigenvalue weighted by Crippen LogP contribution is 2.47. The smallest absolute Gasteiger partial charge is 0.314 e. The lowest BCUT2D eigenvalue weighted by atomic mass is 9.75. The number of fused-ring (bicyclic) bond motifs is 1. The Morgan fingerprint density at radius 2 is 1.80 bits per heavy atom. The van der Waals surface area contributed by atoms with E-state index in [1.165, 1.54) is 0 Å². The van der Waals surface area contributed by atoms with Crippen molar-refractivity contribution in [3.05, 3.63) is 22.8 Å². The number of hydrogen-bond acceptors (Lipinski definition) is 3. The van der Waals surface area contributed by atoms with Gasteiger partial charge in [0.05, 0.1) is 5.41 Å². The molecule has 1 aliphatic carbocycles. The van der Waals surface area contributed by atoms with E-state index in [-0.39, 0.29) is 0 Å². The van der Waals surface area contributed by atoms with Gasteiger partial charge in [0.2, 0.25) is 0 Å². The first-order valence-corrected chi connectivity index (χ1v) is 7.20. The van der Waals surface area contributed by atoms with Gasteiger partial charge in [-0.3, -0.25) is 4.79 Å². The molecular formula is C16H20O4. The van der Waals surface area contributed by atoms with Gasteiger partial charge in [-0.25, -0.2) is 0 Å². The molecule has 0 atom stereocenters. The van der Waals surface area contributed by atoms with Crippen LogP contribution in [0.25, 0.3) is 0 Å². The average Bonchev–Trinajstić information content (AvgIpc) is 2.93. The summed E-state index contributed by atoms with van der Waals surface area (Å²) in [6, 6.07) is 1.90. The van der Waals surface area contributed by atoms with Gasteiger partial charge in [-0.1, -0.05) is 12.8 Å². The maximum Gasteiger partial charge on any atom is 0.314 e. The highest BCUT2D eigenvalue weighted by atomic mass is 16.6. The maximum atomic E-state index is 11.9. The Balaban J connectivity index is 2.18. The van der Waals surface area contributed by atoms with Crippen LogP contribution in [0.5, 0.6) is 11.5 Å².